The van der Waals surface area contributed by atoms with Crippen LogP contribution in [0.15, 0.2) is 24.3 Å². The van der Waals surface area contributed by atoms with E-state index in [1.54, 1.807) is 0 Å². The first-order chi connectivity index (χ1) is 24.1. The topological polar surface area (TPSA) is 63.6 Å². The van der Waals surface area contributed by atoms with Gasteiger partial charge >= 0.3 is 11.9 Å². The fourth-order valence-electron chi connectivity index (χ4n) is 6.69. The van der Waals surface area contributed by atoms with Gasteiger partial charge < -0.3 is 9.84 Å². The van der Waals surface area contributed by atoms with Crippen LogP contribution in [0.4, 0.5) is 0 Å². The van der Waals surface area contributed by atoms with Crippen LogP contribution in [0.25, 0.3) is 0 Å². The van der Waals surface area contributed by atoms with Gasteiger partial charge in [-0.2, -0.15) is 0 Å². The maximum atomic E-state index is 12.7. The Bertz CT molecular complexity index is 742. The monoisotopic (exact) mass is 689 g/mol. The number of ether oxygens (including phenoxy) is 1. The molecule has 4 nitrogen and oxygen atoms in total. The predicted octanol–water partition coefficient (Wildman–Crippen LogP) is 15.2. The van der Waals surface area contributed by atoms with Crippen molar-refractivity contribution in [2.24, 2.45) is 0 Å². The SMILES string of the molecule is CCCCC/C=C\C/C=C\CCCC(CCCCCCCC(=O)O)OC(=O)CCCCCCCCCCCCCCCCCCCCCC. The second kappa shape index (κ2) is 40.8. The number of carboxylic acids is 1. The van der Waals surface area contributed by atoms with E-state index in [9.17, 15) is 9.59 Å². The van der Waals surface area contributed by atoms with E-state index < -0.39 is 5.97 Å². The van der Waals surface area contributed by atoms with E-state index in [2.05, 4.69) is 38.2 Å². The Morgan fingerprint density at radius 1 is 0.449 bits per heavy atom. The van der Waals surface area contributed by atoms with Gasteiger partial charge in [-0.05, 0) is 64.2 Å². The van der Waals surface area contributed by atoms with Gasteiger partial charge in [-0.3, -0.25) is 9.59 Å². The lowest BCUT2D eigenvalue weighted by atomic mass is 10.0. The third-order valence-electron chi connectivity index (χ3n) is 9.93. The molecule has 0 saturated heterocycles. The molecule has 0 fully saturated rings. The van der Waals surface area contributed by atoms with Crippen molar-refractivity contribution in [1.82, 2.24) is 0 Å². The predicted molar refractivity (Wildman–Crippen MR) is 213 cm³/mol. The van der Waals surface area contributed by atoms with Crippen LogP contribution in [-0.2, 0) is 14.3 Å². The number of allylic oxidation sites excluding steroid dienone is 4. The lowest BCUT2D eigenvalue weighted by molar-refractivity contribution is -0.150. The molecule has 0 aromatic heterocycles. The molecule has 0 radical (unpaired) electrons. The van der Waals surface area contributed by atoms with Crippen molar-refractivity contribution < 1.29 is 19.4 Å². The standard InChI is InChI=1S/C45H84O4/c1-3-5-7-9-11-13-15-16-17-18-19-20-21-22-23-25-27-29-34-38-42-45(48)49-43(40-36-32-30-33-37-41-44(46)47)39-35-31-28-26-24-14-12-10-8-6-4-2/h12,14,26,28,43H,3-11,13,15-25,27,29-42H2,1-2H3,(H,46,47)/b14-12-,28-26-. The molecule has 49 heavy (non-hydrogen) atoms. The quantitative estimate of drug-likeness (QED) is 0.0395. The molecule has 1 unspecified atom stereocenters. The lowest BCUT2D eigenvalue weighted by Gasteiger charge is -2.18. The molecule has 0 amide bonds. The van der Waals surface area contributed by atoms with Gasteiger partial charge in [-0.1, -0.05) is 192 Å². The summed E-state index contributed by atoms with van der Waals surface area (Å²) in [6, 6.07) is 0. The third kappa shape index (κ3) is 40.7. The van der Waals surface area contributed by atoms with Crippen molar-refractivity contribution in [3.05, 3.63) is 24.3 Å². The molecule has 0 bridgehead atoms. The molecule has 0 aromatic carbocycles. The van der Waals surface area contributed by atoms with Gasteiger partial charge in [-0.15, -0.1) is 0 Å². The van der Waals surface area contributed by atoms with Crippen LogP contribution in [-0.4, -0.2) is 23.1 Å². The smallest absolute Gasteiger partial charge is 0.306 e. The molecule has 1 atom stereocenters. The minimum atomic E-state index is -0.704. The highest BCUT2D eigenvalue weighted by molar-refractivity contribution is 5.69. The average Bonchev–Trinajstić information content (AvgIpc) is 3.09. The molecule has 0 spiro atoms. The number of unbranched alkanes of at least 4 members (excludes halogenated alkanes) is 27. The Labute approximate surface area is 306 Å². The molecule has 0 rings (SSSR count). The van der Waals surface area contributed by atoms with E-state index in [0.717, 1.165) is 77.0 Å². The van der Waals surface area contributed by atoms with Crippen molar-refractivity contribution in [2.75, 3.05) is 0 Å². The van der Waals surface area contributed by atoms with Crippen LogP contribution >= 0.6 is 0 Å². The fourth-order valence-corrected chi connectivity index (χ4v) is 6.69. The highest BCUT2D eigenvalue weighted by Gasteiger charge is 2.14. The van der Waals surface area contributed by atoms with E-state index in [-0.39, 0.29) is 18.5 Å². The zero-order chi connectivity index (χ0) is 35.7. The first kappa shape index (κ1) is 47.4. The van der Waals surface area contributed by atoms with Crippen LogP contribution in [0.5, 0.6) is 0 Å². The zero-order valence-electron chi connectivity index (χ0n) is 33.0. The lowest BCUT2D eigenvalue weighted by Crippen LogP contribution is -2.18. The summed E-state index contributed by atoms with van der Waals surface area (Å²) in [6.45, 7) is 4.53. The van der Waals surface area contributed by atoms with E-state index in [4.69, 9.17) is 9.84 Å². The van der Waals surface area contributed by atoms with Crippen LogP contribution < -0.4 is 0 Å². The number of carbonyl (C=O) groups is 2. The first-order valence-electron chi connectivity index (χ1n) is 21.8. The highest BCUT2D eigenvalue weighted by Crippen LogP contribution is 2.18. The molecule has 288 valence electrons. The van der Waals surface area contributed by atoms with Gasteiger partial charge in [0, 0.05) is 12.8 Å². The number of hydrogen-bond acceptors (Lipinski definition) is 3. The summed E-state index contributed by atoms with van der Waals surface area (Å²) in [5.74, 6) is -0.720. The molecule has 0 heterocycles. The summed E-state index contributed by atoms with van der Waals surface area (Å²) in [5.41, 5.74) is 0. The third-order valence-corrected chi connectivity index (χ3v) is 9.93. The van der Waals surface area contributed by atoms with E-state index in [0.29, 0.717) is 6.42 Å². The highest BCUT2D eigenvalue weighted by atomic mass is 16.5. The van der Waals surface area contributed by atoms with Crippen LogP contribution in [0.2, 0.25) is 0 Å². The maximum Gasteiger partial charge on any atom is 0.306 e. The number of hydrogen-bond donors (Lipinski definition) is 1. The Hall–Kier alpha value is -1.58. The minimum Gasteiger partial charge on any atom is -0.481 e. The van der Waals surface area contributed by atoms with Crippen molar-refractivity contribution in [2.45, 2.75) is 251 Å². The number of rotatable bonds is 40. The van der Waals surface area contributed by atoms with Crippen molar-refractivity contribution in [1.29, 1.82) is 0 Å². The Kier molecular flexibility index (Phi) is 39.5. The molecule has 0 aliphatic rings. The molecule has 0 saturated carbocycles. The second-order valence-electron chi connectivity index (χ2n) is 14.9. The van der Waals surface area contributed by atoms with Crippen LogP contribution in [0.3, 0.4) is 0 Å². The molecular weight excluding hydrogens is 604 g/mol. The molecule has 1 N–H and O–H groups in total. The number of carbonyl (C=O) groups excluding carboxylic acids is 1. The number of carboxylic acid groups (broad SMARTS) is 1. The Morgan fingerprint density at radius 3 is 1.29 bits per heavy atom. The Morgan fingerprint density at radius 2 is 0.816 bits per heavy atom. The number of aliphatic carboxylic acids is 1. The second-order valence-corrected chi connectivity index (χ2v) is 14.9. The fraction of sp³-hybridized carbons (Fsp3) is 0.867. The zero-order valence-corrected chi connectivity index (χ0v) is 33.0. The Balaban J connectivity index is 3.93. The maximum absolute atomic E-state index is 12.7. The summed E-state index contributed by atoms with van der Waals surface area (Å²) in [4.78, 5) is 23.4. The average molecular weight is 689 g/mol. The van der Waals surface area contributed by atoms with Gasteiger partial charge in [0.25, 0.3) is 0 Å². The van der Waals surface area contributed by atoms with Gasteiger partial charge in [-0.25, -0.2) is 0 Å². The van der Waals surface area contributed by atoms with Crippen molar-refractivity contribution >= 4 is 11.9 Å². The van der Waals surface area contributed by atoms with E-state index in [1.165, 1.54) is 141 Å². The molecular formula is C45H84O4. The summed E-state index contributed by atoms with van der Waals surface area (Å²) >= 11 is 0. The van der Waals surface area contributed by atoms with Crippen molar-refractivity contribution in [3.8, 4) is 0 Å². The molecule has 0 aliphatic heterocycles. The van der Waals surface area contributed by atoms with Gasteiger partial charge in [0.15, 0.2) is 0 Å². The summed E-state index contributed by atoms with van der Waals surface area (Å²) in [7, 11) is 0. The van der Waals surface area contributed by atoms with E-state index in [1.807, 2.05) is 0 Å². The van der Waals surface area contributed by atoms with Gasteiger partial charge in [0.1, 0.15) is 6.10 Å². The van der Waals surface area contributed by atoms with Crippen molar-refractivity contribution in [3.63, 3.8) is 0 Å². The van der Waals surface area contributed by atoms with E-state index >= 15 is 0 Å². The molecule has 0 aliphatic carbocycles. The van der Waals surface area contributed by atoms with Crippen LogP contribution in [0, 0.1) is 0 Å². The summed E-state index contributed by atoms with van der Waals surface area (Å²) in [5, 5.41) is 8.82. The largest absolute Gasteiger partial charge is 0.481 e. The van der Waals surface area contributed by atoms with Gasteiger partial charge in [0.2, 0.25) is 0 Å². The first-order valence-corrected chi connectivity index (χ1v) is 21.8. The van der Waals surface area contributed by atoms with Gasteiger partial charge in [0.05, 0.1) is 0 Å². The van der Waals surface area contributed by atoms with Crippen LogP contribution in [0.1, 0.15) is 245 Å². The number of esters is 1. The minimum absolute atomic E-state index is 0.0161. The molecule has 0 aromatic rings. The molecule has 4 heteroatoms. The summed E-state index contributed by atoms with van der Waals surface area (Å²) in [6.07, 6.45) is 52.1. The normalized spacial score (nSPS) is 12.4. The summed E-state index contributed by atoms with van der Waals surface area (Å²) < 4.78 is 5.99.